The zero-order valence-corrected chi connectivity index (χ0v) is 10.9. The first kappa shape index (κ1) is 13.3. The first-order chi connectivity index (χ1) is 9.29. The lowest BCUT2D eigenvalue weighted by molar-refractivity contribution is -0.120. The third-order valence-electron chi connectivity index (χ3n) is 2.71. The summed E-state index contributed by atoms with van der Waals surface area (Å²) < 4.78 is 5.05. The Balaban J connectivity index is 2.01. The SMILES string of the molecule is CCOCC(=O)Nc1ccc(-c2ccccc2)cc1. The van der Waals surface area contributed by atoms with Crippen LogP contribution in [0.25, 0.3) is 11.1 Å². The molecule has 1 N–H and O–H groups in total. The van der Waals surface area contributed by atoms with E-state index in [1.54, 1.807) is 0 Å². The summed E-state index contributed by atoms with van der Waals surface area (Å²) in [6, 6.07) is 17.9. The van der Waals surface area contributed by atoms with Crippen molar-refractivity contribution in [3.8, 4) is 11.1 Å². The van der Waals surface area contributed by atoms with Crippen molar-refractivity contribution in [2.24, 2.45) is 0 Å². The Bertz CT molecular complexity index is 520. The van der Waals surface area contributed by atoms with Gasteiger partial charge < -0.3 is 10.1 Å². The summed E-state index contributed by atoms with van der Waals surface area (Å²) in [6.45, 7) is 2.50. The highest BCUT2D eigenvalue weighted by molar-refractivity contribution is 5.91. The van der Waals surface area contributed by atoms with E-state index in [1.807, 2.05) is 49.4 Å². The number of rotatable bonds is 5. The fraction of sp³-hybridized carbons (Fsp3) is 0.188. The van der Waals surface area contributed by atoms with Gasteiger partial charge in [-0.3, -0.25) is 4.79 Å². The lowest BCUT2D eigenvalue weighted by Gasteiger charge is -2.06. The summed E-state index contributed by atoms with van der Waals surface area (Å²) in [6.07, 6.45) is 0. The molecule has 0 aliphatic carbocycles. The molecule has 3 heteroatoms. The van der Waals surface area contributed by atoms with Crippen LogP contribution in [0, 0.1) is 0 Å². The molecule has 0 saturated heterocycles. The molecule has 0 aromatic heterocycles. The van der Waals surface area contributed by atoms with Crippen molar-refractivity contribution in [1.82, 2.24) is 0 Å². The quantitative estimate of drug-likeness (QED) is 0.890. The predicted molar refractivity (Wildman–Crippen MR) is 77.0 cm³/mol. The largest absolute Gasteiger partial charge is 0.372 e. The number of nitrogens with one attached hydrogen (secondary N) is 1. The fourth-order valence-corrected chi connectivity index (χ4v) is 1.77. The van der Waals surface area contributed by atoms with Crippen LogP contribution in [0.1, 0.15) is 6.92 Å². The van der Waals surface area contributed by atoms with Gasteiger partial charge in [0.05, 0.1) is 0 Å². The number of ether oxygens (including phenoxy) is 1. The molecule has 0 bridgehead atoms. The molecule has 0 aliphatic heterocycles. The zero-order chi connectivity index (χ0) is 13.5. The van der Waals surface area contributed by atoms with Crippen molar-refractivity contribution in [2.75, 3.05) is 18.5 Å². The van der Waals surface area contributed by atoms with Gasteiger partial charge in [0.1, 0.15) is 6.61 Å². The molecular weight excluding hydrogens is 238 g/mol. The maximum atomic E-state index is 11.5. The van der Waals surface area contributed by atoms with Gasteiger partial charge in [0.25, 0.3) is 0 Å². The second kappa shape index (κ2) is 6.71. The number of amides is 1. The average Bonchev–Trinajstić information content (AvgIpc) is 2.47. The number of benzene rings is 2. The van der Waals surface area contributed by atoms with Gasteiger partial charge in [-0.15, -0.1) is 0 Å². The topological polar surface area (TPSA) is 38.3 Å². The third kappa shape index (κ3) is 3.93. The molecule has 3 nitrogen and oxygen atoms in total. The van der Waals surface area contributed by atoms with E-state index in [0.717, 1.165) is 16.8 Å². The first-order valence-electron chi connectivity index (χ1n) is 6.32. The van der Waals surface area contributed by atoms with Crippen LogP contribution in [0.4, 0.5) is 5.69 Å². The number of carbonyl (C=O) groups excluding carboxylic acids is 1. The molecule has 1 amide bonds. The molecule has 0 heterocycles. The van der Waals surface area contributed by atoms with Crippen LogP contribution in [0.15, 0.2) is 54.6 Å². The molecule has 0 spiro atoms. The molecule has 19 heavy (non-hydrogen) atoms. The third-order valence-corrected chi connectivity index (χ3v) is 2.71. The van der Waals surface area contributed by atoms with Crippen LogP contribution >= 0.6 is 0 Å². The lowest BCUT2D eigenvalue weighted by atomic mass is 10.1. The van der Waals surface area contributed by atoms with Crippen molar-refractivity contribution in [2.45, 2.75) is 6.92 Å². The predicted octanol–water partition coefficient (Wildman–Crippen LogP) is 3.33. The number of anilines is 1. The first-order valence-corrected chi connectivity index (χ1v) is 6.32. The van der Waals surface area contributed by atoms with E-state index < -0.39 is 0 Å². The normalized spacial score (nSPS) is 10.2. The van der Waals surface area contributed by atoms with Crippen molar-refractivity contribution in [3.63, 3.8) is 0 Å². The van der Waals surface area contributed by atoms with Crippen LogP contribution in [-0.4, -0.2) is 19.1 Å². The number of hydrogen-bond donors (Lipinski definition) is 1. The van der Waals surface area contributed by atoms with E-state index in [2.05, 4.69) is 17.4 Å². The Labute approximate surface area is 113 Å². The highest BCUT2D eigenvalue weighted by Gasteiger charge is 2.02. The molecular formula is C16H17NO2. The zero-order valence-electron chi connectivity index (χ0n) is 10.9. The Kier molecular flexibility index (Phi) is 4.70. The van der Waals surface area contributed by atoms with Gasteiger partial charge in [-0.05, 0) is 30.2 Å². The van der Waals surface area contributed by atoms with Crippen molar-refractivity contribution >= 4 is 11.6 Å². The van der Waals surface area contributed by atoms with Gasteiger partial charge in [0, 0.05) is 12.3 Å². The Morgan fingerprint density at radius 3 is 2.26 bits per heavy atom. The van der Waals surface area contributed by atoms with Gasteiger partial charge in [0.15, 0.2) is 0 Å². The summed E-state index contributed by atoms with van der Waals surface area (Å²) in [5.74, 6) is -0.130. The Morgan fingerprint density at radius 1 is 1.00 bits per heavy atom. The van der Waals surface area contributed by atoms with Gasteiger partial charge in [-0.1, -0.05) is 42.5 Å². The summed E-state index contributed by atoms with van der Waals surface area (Å²) in [4.78, 5) is 11.5. The van der Waals surface area contributed by atoms with E-state index >= 15 is 0 Å². The maximum Gasteiger partial charge on any atom is 0.250 e. The summed E-state index contributed by atoms with van der Waals surface area (Å²) in [5.41, 5.74) is 3.07. The molecule has 0 unspecified atom stereocenters. The van der Waals surface area contributed by atoms with Crippen molar-refractivity contribution in [3.05, 3.63) is 54.6 Å². The standard InChI is InChI=1S/C16H17NO2/c1-2-19-12-16(18)17-15-10-8-14(9-11-15)13-6-4-3-5-7-13/h3-11H,2,12H2,1H3,(H,17,18). The molecule has 2 rings (SSSR count). The van der Waals surface area contributed by atoms with E-state index in [-0.39, 0.29) is 12.5 Å². The fourth-order valence-electron chi connectivity index (χ4n) is 1.77. The Hall–Kier alpha value is -2.13. The van der Waals surface area contributed by atoms with E-state index in [1.165, 1.54) is 0 Å². The summed E-state index contributed by atoms with van der Waals surface area (Å²) >= 11 is 0. The van der Waals surface area contributed by atoms with Crippen molar-refractivity contribution < 1.29 is 9.53 Å². The van der Waals surface area contributed by atoms with Crippen molar-refractivity contribution in [1.29, 1.82) is 0 Å². The van der Waals surface area contributed by atoms with Gasteiger partial charge in [0.2, 0.25) is 5.91 Å². The number of hydrogen-bond acceptors (Lipinski definition) is 2. The second-order valence-electron chi connectivity index (χ2n) is 4.13. The molecule has 0 radical (unpaired) electrons. The smallest absolute Gasteiger partial charge is 0.250 e. The monoisotopic (exact) mass is 255 g/mol. The van der Waals surface area contributed by atoms with Crippen LogP contribution in [0.2, 0.25) is 0 Å². The lowest BCUT2D eigenvalue weighted by Crippen LogP contribution is -2.18. The molecule has 2 aromatic carbocycles. The minimum absolute atomic E-state index is 0.0942. The molecule has 0 fully saturated rings. The molecule has 0 aliphatic rings. The van der Waals surface area contributed by atoms with Crippen LogP contribution < -0.4 is 5.32 Å². The van der Waals surface area contributed by atoms with E-state index in [9.17, 15) is 4.79 Å². The van der Waals surface area contributed by atoms with Crippen LogP contribution in [0.5, 0.6) is 0 Å². The van der Waals surface area contributed by atoms with Gasteiger partial charge in [-0.2, -0.15) is 0 Å². The van der Waals surface area contributed by atoms with Gasteiger partial charge in [-0.25, -0.2) is 0 Å². The molecule has 0 atom stereocenters. The second-order valence-corrected chi connectivity index (χ2v) is 4.13. The minimum Gasteiger partial charge on any atom is -0.372 e. The molecule has 98 valence electrons. The van der Waals surface area contributed by atoms with Crippen LogP contribution in [-0.2, 0) is 9.53 Å². The number of carbonyl (C=O) groups is 1. The maximum absolute atomic E-state index is 11.5. The highest BCUT2D eigenvalue weighted by Crippen LogP contribution is 2.20. The highest BCUT2D eigenvalue weighted by atomic mass is 16.5. The summed E-state index contributed by atoms with van der Waals surface area (Å²) in [7, 11) is 0. The minimum atomic E-state index is -0.130. The Morgan fingerprint density at radius 2 is 1.63 bits per heavy atom. The van der Waals surface area contributed by atoms with Gasteiger partial charge >= 0.3 is 0 Å². The molecule has 0 saturated carbocycles. The molecule has 2 aromatic rings. The van der Waals surface area contributed by atoms with E-state index in [0.29, 0.717) is 6.61 Å². The van der Waals surface area contributed by atoms with E-state index in [4.69, 9.17) is 4.74 Å². The summed E-state index contributed by atoms with van der Waals surface area (Å²) in [5, 5.41) is 2.79. The van der Waals surface area contributed by atoms with Crippen LogP contribution in [0.3, 0.4) is 0 Å². The average molecular weight is 255 g/mol.